The molecule has 0 radical (unpaired) electrons. The van der Waals surface area contributed by atoms with Gasteiger partial charge in [-0.3, -0.25) is 14.4 Å². The molecule has 0 saturated heterocycles. The molecule has 0 spiro atoms. The second kappa shape index (κ2) is 39.2. The molecule has 0 fully saturated rings. The Kier molecular flexibility index (Phi) is 37.9. The largest absolute Gasteiger partial charge is 0.462 e. The number of unbranched alkanes of at least 4 members (excludes halogenated alkanes) is 28. The average Bonchev–Trinajstić information content (AvgIpc) is 3.09. The Morgan fingerprint density at radius 1 is 0.327 bits per heavy atom. The highest BCUT2D eigenvalue weighted by molar-refractivity contribution is 5.71. The van der Waals surface area contributed by atoms with Crippen LogP contribution in [0.5, 0.6) is 0 Å². The Morgan fingerprint density at radius 2 is 0.551 bits per heavy atom. The lowest BCUT2D eigenvalue weighted by Gasteiger charge is -2.18. The Bertz CT molecular complexity index is 723. The molecular weight excluding hydrogens is 612 g/mol. The zero-order valence-electron chi connectivity index (χ0n) is 33.0. The zero-order valence-corrected chi connectivity index (χ0v) is 33.0. The molecular formula is C43H82O6. The SMILES string of the molecule is CCCCCCCCCCCCCCCCCCC(=O)OC[C@@H](COC(=O)CCCCCCCCCCCC)OC(=O)CCCCCCC. The lowest BCUT2D eigenvalue weighted by atomic mass is 10.0. The van der Waals surface area contributed by atoms with E-state index >= 15 is 0 Å². The van der Waals surface area contributed by atoms with E-state index in [4.69, 9.17) is 14.2 Å². The molecule has 6 nitrogen and oxygen atoms in total. The van der Waals surface area contributed by atoms with E-state index in [0.717, 1.165) is 64.2 Å². The molecule has 0 aliphatic heterocycles. The van der Waals surface area contributed by atoms with Crippen molar-refractivity contribution in [1.29, 1.82) is 0 Å². The van der Waals surface area contributed by atoms with E-state index in [1.165, 1.54) is 135 Å². The van der Waals surface area contributed by atoms with Crippen LogP contribution >= 0.6 is 0 Å². The number of hydrogen-bond acceptors (Lipinski definition) is 6. The predicted molar refractivity (Wildman–Crippen MR) is 206 cm³/mol. The van der Waals surface area contributed by atoms with Crippen molar-refractivity contribution >= 4 is 17.9 Å². The predicted octanol–water partition coefficient (Wildman–Crippen LogP) is 13.3. The fourth-order valence-corrected chi connectivity index (χ4v) is 6.32. The molecule has 0 aliphatic carbocycles. The first-order chi connectivity index (χ1) is 24.0. The normalized spacial score (nSPS) is 11.8. The summed E-state index contributed by atoms with van der Waals surface area (Å²) in [7, 11) is 0. The lowest BCUT2D eigenvalue weighted by Crippen LogP contribution is -2.30. The summed E-state index contributed by atoms with van der Waals surface area (Å²) in [6.45, 7) is 6.55. The van der Waals surface area contributed by atoms with Crippen molar-refractivity contribution in [2.75, 3.05) is 13.2 Å². The van der Waals surface area contributed by atoms with Gasteiger partial charge in [-0.25, -0.2) is 0 Å². The number of hydrogen-bond donors (Lipinski definition) is 0. The molecule has 1 atom stereocenters. The highest BCUT2D eigenvalue weighted by atomic mass is 16.6. The lowest BCUT2D eigenvalue weighted by molar-refractivity contribution is -0.167. The Labute approximate surface area is 304 Å². The number of ether oxygens (including phenoxy) is 3. The van der Waals surface area contributed by atoms with Crippen LogP contribution < -0.4 is 0 Å². The van der Waals surface area contributed by atoms with Gasteiger partial charge in [-0.1, -0.05) is 201 Å². The van der Waals surface area contributed by atoms with Crippen LogP contribution in [-0.4, -0.2) is 37.2 Å². The summed E-state index contributed by atoms with van der Waals surface area (Å²) in [5.41, 5.74) is 0. The molecule has 0 aromatic heterocycles. The molecule has 0 unspecified atom stereocenters. The Hall–Kier alpha value is -1.59. The van der Waals surface area contributed by atoms with E-state index in [1.54, 1.807) is 0 Å². The topological polar surface area (TPSA) is 78.9 Å². The van der Waals surface area contributed by atoms with Gasteiger partial charge in [0.1, 0.15) is 13.2 Å². The van der Waals surface area contributed by atoms with E-state index in [1.807, 2.05) is 0 Å². The minimum absolute atomic E-state index is 0.0647. The third-order valence-electron chi connectivity index (χ3n) is 9.61. The van der Waals surface area contributed by atoms with Crippen LogP contribution in [0.1, 0.15) is 239 Å². The molecule has 0 aromatic carbocycles. The maximum absolute atomic E-state index is 12.5. The van der Waals surface area contributed by atoms with Gasteiger partial charge in [-0.2, -0.15) is 0 Å². The van der Waals surface area contributed by atoms with Gasteiger partial charge in [0, 0.05) is 19.3 Å². The van der Waals surface area contributed by atoms with E-state index < -0.39 is 6.10 Å². The van der Waals surface area contributed by atoms with E-state index in [0.29, 0.717) is 19.3 Å². The van der Waals surface area contributed by atoms with Gasteiger partial charge in [-0.15, -0.1) is 0 Å². The summed E-state index contributed by atoms with van der Waals surface area (Å²) >= 11 is 0. The second-order valence-electron chi connectivity index (χ2n) is 14.6. The molecule has 0 bridgehead atoms. The maximum atomic E-state index is 12.5. The van der Waals surface area contributed by atoms with Crippen molar-refractivity contribution in [3.63, 3.8) is 0 Å². The van der Waals surface area contributed by atoms with Gasteiger partial charge in [0.05, 0.1) is 0 Å². The Morgan fingerprint density at radius 3 is 0.816 bits per heavy atom. The molecule has 0 N–H and O–H groups in total. The van der Waals surface area contributed by atoms with Crippen LogP contribution in [0.3, 0.4) is 0 Å². The van der Waals surface area contributed by atoms with Gasteiger partial charge < -0.3 is 14.2 Å². The van der Waals surface area contributed by atoms with Crippen molar-refractivity contribution in [2.24, 2.45) is 0 Å². The molecule has 0 rings (SSSR count). The summed E-state index contributed by atoms with van der Waals surface area (Å²) in [5.74, 6) is -0.872. The maximum Gasteiger partial charge on any atom is 0.306 e. The first-order valence-electron chi connectivity index (χ1n) is 21.5. The third kappa shape index (κ3) is 37.5. The summed E-state index contributed by atoms with van der Waals surface area (Å²) in [4.78, 5) is 37.3. The van der Waals surface area contributed by atoms with Crippen molar-refractivity contribution in [2.45, 2.75) is 245 Å². The molecule has 0 aromatic rings. The van der Waals surface area contributed by atoms with E-state index in [9.17, 15) is 14.4 Å². The standard InChI is InChI=1S/C43H82O6/c1-4-7-10-13-15-17-19-20-21-22-23-24-26-28-31-33-36-42(45)48-39-40(49-43(46)37-34-29-12-9-6-3)38-47-41(44)35-32-30-27-25-18-16-14-11-8-5-2/h40H,4-39H2,1-3H3/t40-/m1/s1. The summed E-state index contributed by atoms with van der Waals surface area (Å²) < 4.78 is 16.5. The molecule has 0 amide bonds. The molecule has 6 heteroatoms. The van der Waals surface area contributed by atoms with Crippen LogP contribution in [0.2, 0.25) is 0 Å². The van der Waals surface area contributed by atoms with Gasteiger partial charge in [0.2, 0.25) is 0 Å². The highest BCUT2D eigenvalue weighted by Gasteiger charge is 2.19. The van der Waals surface area contributed by atoms with Gasteiger partial charge in [0.25, 0.3) is 0 Å². The minimum atomic E-state index is -0.755. The zero-order chi connectivity index (χ0) is 35.9. The van der Waals surface area contributed by atoms with Gasteiger partial charge >= 0.3 is 17.9 Å². The monoisotopic (exact) mass is 695 g/mol. The van der Waals surface area contributed by atoms with Crippen LogP contribution in [0.4, 0.5) is 0 Å². The summed E-state index contributed by atoms with van der Waals surface area (Å²) in [6, 6.07) is 0. The molecule has 290 valence electrons. The number of esters is 3. The highest BCUT2D eigenvalue weighted by Crippen LogP contribution is 2.15. The van der Waals surface area contributed by atoms with Crippen LogP contribution in [0.25, 0.3) is 0 Å². The number of carbonyl (C=O) groups is 3. The Balaban J connectivity index is 4.12. The quantitative estimate of drug-likeness (QED) is 0.0362. The van der Waals surface area contributed by atoms with Crippen LogP contribution in [-0.2, 0) is 28.6 Å². The smallest absolute Gasteiger partial charge is 0.306 e. The molecule has 0 saturated carbocycles. The van der Waals surface area contributed by atoms with Crippen LogP contribution in [0, 0.1) is 0 Å². The van der Waals surface area contributed by atoms with Crippen molar-refractivity contribution in [3.05, 3.63) is 0 Å². The molecule has 0 aliphatic rings. The molecule has 49 heavy (non-hydrogen) atoms. The van der Waals surface area contributed by atoms with Crippen molar-refractivity contribution in [3.8, 4) is 0 Å². The summed E-state index contributed by atoms with van der Waals surface area (Å²) in [5, 5.41) is 0. The van der Waals surface area contributed by atoms with E-state index in [-0.39, 0.29) is 31.1 Å². The minimum Gasteiger partial charge on any atom is -0.462 e. The number of rotatable bonds is 39. The fraction of sp³-hybridized carbons (Fsp3) is 0.930. The third-order valence-corrected chi connectivity index (χ3v) is 9.61. The van der Waals surface area contributed by atoms with Gasteiger partial charge in [0.15, 0.2) is 6.10 Å². The fourth-order valence-electron chi connectivity index (χ4n) is 6.32. The van der Waals surface area contributed by atoms with E-state index in [2.05, 4.69) is 20.8 Å². The summed E-state index contributed by atoms with van der Waals surface area (Å²) in [6.07, 6.45) is 38.3. The van der Waals surface area contributed by atoms with Crippen molar-refractivity contribution < 1.29 is 28.6 Å². The second-order valence-corrected chi connectivity index (χ2v) is 14.6. The van der Waals surface area contributed by atoms with Gasteiger partial charge in [-0.05, 0) is 19.3 Å². The average molecular weight is 695 g/mol. The van der Waals surface area contributed by atoms with Crippen LogP contribution in [0.15, 0.2) is 0 Å². The molecule has 0 heterocycles. The van der Waals surface area contributed by atoms with Crippen molar-refractivity contribution in [1.82, 2.24) is 0 Å². The first-order valence-corrected chi connectivity index (χ1v) is 21.5. The number of carbonyl (C=O) groups excluding carboxylic acids is 3. The first kappa shape index (κ1) is 47.4.